The first-order valence-corrected chi connectivity index (χ1v) is 7.69. The van der Waals surface area contributed by atoms with Gasteiger partial charge in [0.25, 0.3) is 0 Å². The lowest BCUT2D eigenvalue weighted by Gasteiger charge is -2.37. The number of hydrogen-bond donors (Lipinski definition) is 0. The minimum Gasteiger partial charge on any atom is -0.493 e. The van der Waals surface area contributed by atoms with Gasteiger partial charge in [0, 0.05) is 30.7 Å². The fourth-order valence-corrected chi connectivity index (χ4v) is 2.68. The van der Waals surface area contributed by atoms with E-state index < -0.39 is 0 Å². The van der Waals surface area contributed by atoms with Crippen molar-refractivity contribution in [3.05, 3.63) is 18.0 Å². The molecule has 0 N–H and O–H groups in total. The zero-order valence-corrected chi connectivity index (χ0v) is 13.0. The first-order chi connectivity index (χ1) is 9.80. The Labute approximate surface area is 126 Å². The Morgan fingerprint density at radius 3 is 2.70 bits per heavy atom. The molecule has 20 heavy (non-hydrogen) atoms. The summed E-state index contributed by atoms with van der Waals surface area (Å²) in [6.07, 6.45) is 6.65. The second kappa shape index (κ2) is 7.70. The predicted molar refractivity (Wildman–Crippen MR) is 80.7 cm³/mol. The van der Waals surface area contributed by atoms with Gasteiger partial charge in [-0.1, -0.05) is 6.42 Å². The van der Waals surface area contributed by atoms with Crippen LogP contribution >= 0.6 is 11.6 Å². The molecule has 0 radical (unpaired) electrons. The Balaban J connectivity index is 2.12. The summed E-state index contributed by atoms with van der Waals surface area (Å²) in [5, 5.41) is 0. The molecule has 0 atom stereocenters. The molecule has 0 saturated heterocycles. The molecular formula is C15H23ClN2O2. The van der Waals surface area contributed by atoms with E-state index in [0.717, 1.165) is 36.7 Å². The largest absolute Gasteiger partial charge is 0.493 e. The van der Waals surface area contributed by atoms with Gasteiger partial charge in [-0.2, -0.15) is 0 Å². The summed E-state index contributed by atoms with van der Waals surface area (Å²) in [4.78, 5) is 6.94. The molecule has 1 aromatic rings. The normalized spacial score (nSPS) is 15.2. The Morgan fingerprint density at radius 2 is 2.15 bits per heavy atom. The molecule has 1 aliphatic rings. The molecule has 112 valence electrons. The van der Waals surface area contributed by atoms with Crippen LogP contribution in [0, 0.1) is 0 Å². The van der Waals surface area contributed by atoms with E-state index in [0.29, 0.717) is 11.9 Å². The number of aromatic nitrogens is 1. The van der Waals surface area contributed by atoms with Crippen LogP contribution in [-0.4, -0.2) is 42.6 Å². The smallest absolute Gasteiger partial charge is 0.183 e. The predicted octanol–water partition coefficient (Wildman–Crippen LogP) is 3.08. The zero-order valence-electron chi connectivity index (χ0n) is 12.3. The molecule has 4 nitrogen and oxygen atoms in total. The molecule has 1 saturated carbocycles. The highest BCUT2D eigenvalue weighted by Crippen LogP contribution is 2.32. The van der Waals surface area contributed by atoms with Gasteiger partial charge in [0.15, 0.2) is 11.5 Å². The number of ether oxygens (including phenoxy) is 2. The highest BCUT2D eigenvalue weighted by molar-refractivity contribution is 6.17. The summed E-state index contributed by atoms with van der Waals surface area (Å²) < 4.78 is 10.8. The number of methoxy groups -OCH3 is 2. The van der Waals surface area contributed by atoms with Crippen LogP contribution in [0.5, 0.6) is 11.5 Å². The molecule has 2 rings (SSSR count). The maximum atomic E-state index is 5.83. The lowest BCUT2D eigenvalue weighted by Crippen LogP contribution is -2.40. The van der Waals surface area contributed by atoms with Crippen LogP contribution in [-0.2, 0) is 6.54 Å². The maximum Gasteiger partial charge on any atom is 0.183 e. The van der Waals surface area contributed by atoms with Crippen molar-refractivity contribution in [3.8, 4) is 11.5 Å². The SMILES string of the molecule is COc1ccnc(CN(CCCCl)C2CCC2)c1OC. The fourth-order valence-electron chi connectivity index (χ4n) is 2.56. The molecule has 1 heterocycles. The lowest BCUT2D eigenvalue weighted by atomic mass is 9.91. The van der Waals surface area contributed by atoms with Crippen molar-refractivity contribution in [1.29, 1.82) is 0 Å². The van der Waals surface area contributed by atoms with Gasteiger partial charge in [0.05, 0.1) is 14.2 Å². The van der Waals surface area contributed by atoms with E-state index in [9.17, 15) is 0 Å². The molecule has 0 unspecified atom stereocenters. The van der Waals surface area contributed by atoms with Crippen molar-refractivity contribution in [2.45, 2.75) is 38.3 Å². The number of pyridine rings is 1. The molecule has 1 aromatic heterocycles. The van der Waals surface area contributed by atoms with Crippen molar-refractivity contribution >= 4 is 11.6 Å². The van der Waals surface area contributed by atoms with E-state index in [1.165, 1.54) is 19.3 Å². The molecule has 0 spiro atoms. The van der Waals surface area contributed by atoms with E-state index in [-0.39, 0.29) is 0 Å². The lowest BCUT2D eigenvalue weighted by molar-refractivity contribution is 0.117. The van der Waals surface area contributed by atoms with Crippen LogP contribution in [0.3, 0.4) is 0 Å². The maximum absolute atomic E-state index is 5.83. The number of rotatable bonds is 8. The number of nitrogens with zero attached hydrogens (tertiary/aromatic N) is 2. The minimum atomic E-state index is 0.663. The average molecular weight is 299 g/mol. The standard InChI is InChI=1S/C15H23ClN2O2/c1-19-14-7-9-17-13(15(14)20-2)11-18(10-4-8-16)12-5-3-6-12/h7,9,12H,3-6,8,10-11H2,1-2H3. The highest BCUT2D eigenvalue weighted by Gasteiger charge is 2.26. The molecular weight excluding hydrogens is 276 g/mol. The van der Waals surface area contributed by atoms with Gasteiger partial charge in [0.1, 0.15) is 5.69 Å². The van der Waals surface area contributed by atoms with Crippen molar-refractivity contribution < 1.29 is 9.47 Å². The first kappa shape index (κ1) is 15.4. The molecule has 5 heteroatoms. The van der Waals surface area contributed by atoms with E-state index in [1.807, 2.05) is 6.07 Å². The molecule has 0 amide bonds. The topological polar surface area (TPSA) is 34.6 Å². The Morgan fingerprint density at radius 1 is 1.35 bits per heavy atom. The Hall–Kier alpha value is -1.00. The molecule has 0 bridgehead atoms. The summed E-state index contributed by atoms with van der Waals surface area (Å²) in [7, 11) is 3.31. The van der Waals surface area contributed by atoms with Gasteiger partial charge in [-0.05, 0) is 25.8 Å². The van der Waals surface area contributed by atoms with Crippen LogP contribution in [0.1, 0.15) is 31.4 Å². The molecule has 0 aliphatic heterocycles. The highest BCUT2D eigenvalue weighted by atomic mass is 35.5. The summed E-state index contributed by atoms with van der Waals surface area (Å²) in [5.74, 6) is 2.18. The Kier molecular flexibility index (Phi) is 5.92. The monoisotopic (exact) mass is 298 g/mol. The summed E-state index contributed by atoms with van der Waals surface area (Å²) in [5.41, 5.74) is 0.938. The van der Waals surface area contributed by atoms with Crippen LogP contribution < -0.4 is 9.47 Å². The van der Waals surface area contributed by atoms with E-state index in [4.69, 9.17) is 21.1 Å². The van der Waals surface area contributed by atoms with Gasteiger partial charge < -0.3 is 9.47 Å². The molecule has 1 aliphatic carbocycles. The van der Waals surface area contributed by atoms with Crippen LogP contribution in [0.25, 0.3) is 0 Å². The number of alkyl halides is 1. The first-order valence-electron chi connectivity index (χ1n) is 7.16. The summed E-state index contributed by atoms with van der Waals surface area (Å²) in [6.45, 7) is 1.80. The third-order valence-electron chi connectivity index (χ3n) is 3.89. The zero-order chi connectivity index (χ0) is 14.4. The second-order valence-corrected chi connectivity index (χ2v) is 5.47. The molecule has 0 aromatic carbocycles. The van der Waals surface area contributed by atoms with E-state index >= 15 is 0 Å². The van der Waals surface area contributed by atoms with Crippen molar-refractivity contribution in [2.75, 3.05) is 26.6 Å². The van der Waals surface area contributed by atoms with Gasteiger partial charge >= 0.3 is 0 Å². The van der Waals surface area contributed by atoms with Gasteiger partial charge in [-0.15, -0.1) is 11.6 Å². The minimum absolute atomic E-state index is 0.663. The van der Waals surface area contributed by atoms with E-state index in [1.54, 1.807) is 20.4 Å². The second-order valence-electron chi connectivity index (χ2n) is 5.09. The van der Waals surface area contributed by atoms with Crippen molar-refractivity contribution in [3.63, 3.8) is 0 Å². The van der Waals surface area contributed by atoms with Crippen LogP contribution in [0.2, 0.25) is 0 Å². The third kappa shape index (κ3) is 3.55. The van der Waals surface area contributed by atoms with E-state index in [2.05, 4.69) is 9.88 Å². The molecule has 1 fully saturated rings. The summed E-state index contributed by atoms with van der Waals surface area (Å²) in [6, 6.07) is 2.49. The number of hydrogen-bond acceptors (Lipinski definition) is 4. The van der Waals surface area contributed by atoms with Gasteiger partial charge in [-0.3, -0.25) is 9.88 Å². The van der Waals surface area contributed by atoms with Crippen LogP contribution in [0.15, 0.2) is 12.3 Å². The number of halogens is 1. The quantitative estimate of drug-likeness (QED) is 0.691. The average Bonchev–Trinajstić information content (AvgIpc) is 2.42. The third-order valence-corrected chi connectivity index (χ3v) is 4.16. The summed E-state index contributed by atoms with van der Waals surface area (Å²) >= 11 is 5.83. The van der Waals surface area contributed by atoms with Gasteiger partial charge in [0.2, 0.25) is 0 Å². The van der Waals surface area contributed by atoms with Crippen molar-refractivity contribution in [1.82, 2.24) is 9.88 Å². The van der Waals surface area contributed by atoms with Gasteiger partial charge in [-0.25, -0.2) is 0 Å². The fraction of sp³-hybridized carbons (Fsp3) is 0.667. The Bertz CT molecular complexity index is 424. The van der Waals surface area contributed by atoms with Crippen LogP contribution in [0.4, 0.5) is 0 Å². The van der Waals surface area contributed by atoms with Crippen molar-refractivity contribution in [2.24, 2.45) is 0 Å².